The van der Waals surface area contributed by atoms with E-state index in [2.05, 4.69) is 10.6 Å². The first-order valence-corrected chi connectivity index (χ1v) is 10.3. The molecule has 0 spiro atoms. The molecule has 0 radical (unpaired) electrons. The van der Waals surface area contributed by atoms with Gasteiger partial charge >= 0.3 is 0 Å². The number of carbonyl (C=O) groups is 4. The number of carbonyl (C=O) groups excluding carboxylic acids is 4. The molecule has 0 atom stereocenters. The number of nitrogens with zero attached hydrogens (tertiary/aromatic N) is 1. The lowest BCUT2D eigenvalue weighted by Crippen LogP contribution is -2.35. The number of ether oxygens (including phenoxy) is 2. The summed E-state index contributed by atoms with van der Waals surface area (Å²) in [6.45, 7) is 12.2. The first-order valence-electron chi connectivity index (χ1n) is 10.3. The minimum atomic E-state index is -0.393. The smallest absolute Gasteiger partial charge is 0.253 e. The van der Waals surface area contributed by atoms with Crippen LogP contribution >= 0.6 is 0 Å². The van der Waals surface area contributed by atoms with E-state index in [1.165, 1.54) is 12.2 Å². The van der Waals surface area contributed by atoms with Crippen molar-refractivity contribution in [1.29, 1.82) is 0 Å². The fourth-order valence-electron chi connectivity index (χ4n) is 1.93. The van der Waals surface area contributed by atoms with Crippen LogP contribution in [-0.2, 0) is 28.7 Å². The van der Waals surface area contributed by atoms with Gasteiger partial charge in [0, 0.05) is 44.6 Å². The maximum atomic E-state index is 11.6. The summed E-state index contributed by atoms with van der Waals surface area (Å²) in [5.41, 5.74) is 0. The van der Waals surface area contributed by atoms with Gasteiger partial charge in [0.2, 0.25) is 11.8 Å². The van der Waals surface area contributed by atoms with Gasteiger partial charge in [0.1, 0.15) is 0 Å². The molecule has 29 heavy (non-hydrogen) atoms. The molecular formula is C20H37N3O6. The molecule has 1 aliphatic heterocycles. The number of nitrogens with one attached hydrogen (secondary N) is 2. The Morgan fingerprint density at radius 2 is 1.28 bits per heavy atom. The second-order valence-electron chi connectivity index (χ2n) is 5.19. The summed E-state index contributed by atoms with van der Waals surface area (Å²) in [4.78, 5) is 46.2. The number of rotatable bonds is 13. The van der Waals surface area contributed by atoms with Crippen molar-refractivity contribution in [1.82, 2.24) is 15.5 Å². The van der Waals surface area contributed by atoms with Crippen LogP contribution in [0, 0.1) is 0 Å². The molecule has 0 saturated carbocycles. The molecule has 168 valence electrons. The number of amides is 4. The molecule has 0 saturated heterocycles. The SMILES string of the molecule is CC.CC.CCC(=O)NCCOCCOCCNC(=O)CCN1C(=O)C=CC1=O. The van der Waals surface area contributed by atoms with E-state index >= 15 is 0 Å². The molecule has 0 aromatic carbocycles. The number of hydrogen-bond donors (Lipinski definition) is 2. The van der Waals surface area contributed by atoms with E-state index in [0.717, 1.165) is 4.90 Å². The summed E-state index contributed by atoms with van der Waals surface area (Å²) < 4.78 is 10.6. The van der Waals surface area contributed by atoms with Crippen molar-refractivity contribution < 1.29 is 28.7 Å². The molecule has 4 amide bonds. The number of hydrogen-bond acceptors (Lipinski definition) is 6. The van der Waals surface area contributed by atoms with Gasteiger partial charge in [0.15, 0.2) is 0 Å². The van der Waals surface area contributed by atoms with E-state index in [9.17, 15) is 19.2 Å². The Labute approximate surface area is 174 Å². The minimum absolute atomic E-state index is 0.00896. The molecule has 0 bridgehead atoms. The monoisotopic (exact) mass is 415 g/mol. The van der Waals surface area contributed by atoms with Crippen LogP contribution in [0.5, 0.6) is 0 Å². The van der Waals surface area contributed by atoms with E-state index in [0.29, 0.717) is 45.9 Å². The fourth-order valence-corrected chi connectivity index (χ4v) is 1.93. The van der Waals surface area contributed by atoms with Crippen LogP contribution < -0.4 is 10.6 Å². The Balaban J connectivity index is 0. The van der Waals surface area contributed by atoms with Crippen molar-refractivity contribution >= 4 is 23.6 Å². The Bertz CT molecular complexity index is 490. The van der Waals surface area contributed by atoms with Crippen LogP contribution in [0.25, 0.3) is 0 Å². The Hall–Kier alpha value is -2.26. The molecule has 9 heteroatoms. The van der Waals surface area contributed by atoms with E-state index < -0.39 is 11.8 Å². The lowest BCUT2D eigenvalue weighted by Gasteiger charge is -2.13. The van der Waals surface area contributed by atoms with Crippen molar-refractivity contribution in [3.05, 3.63) is 12.2 Å². The number of imide groups is 1. The van der Waals surface area contributed by atoms with Crippen molar-refractivity contribution in [2.24, 2.45) is 0 Å². The van der Waals surface area contributed by atoms with Crippen LogP contribution in [0.3, 0.4) is 0 Å². The van der Waals surface area contributed by atoms with Gasteiger partial charge in [0.05, 0.1) is 26.4 Å². The molecule has 0 aromatic rings. The molecule has 1 rings (SSSR count). The Morgan fingerprint density at radius 3 is 1.72 bits per heavy atom. The molecule has 0 aromatic heterocycles. The maximum Gasteiger partial charge on any atom is 0.253 e. The van der Waals surface area contributed by atoms with Gasteiger partial charge in [-0.25, -0.2) is 0 Å². The fraction of sp³-hybridized carbons (Fsp3) is 0.700. The first kappa shape index (κ1) is 28.9. The van der Waals surface area contributed by atoms with Gasteiger partial charge in [-0.15, -0.1) is 0 Å². The summed E-state index contributed by atoms with van der Waals surface area (Å²) in [5, 5.41) is 5.34. The quantitative estimate of drug-likeness (QED) is 0.343. The topological polar surface area (TPSA) is 114 Å². The van der Waals surface area contributed by atoms with Gasteiger partial charge in [-0.05, 0) is 0 Å². The van der Waals surface area contributed by atoms with E-state index in [1.807, 2.05) is 27.7 Å². The summed E-state index contributed by atoms with van der Waals surface area (Å²) in [6.07, 6.45) is 2.89. The van der Waals surface area contributed by atoms with E-state index in [4.69, 9.17) is 9.47 Å². The average Bonchev–Trinajstić information content (AvgIpc) is 3.07. The zero-order chi connectivity index (χ0) is 22.5. The van der Waals surface area contributed by atoms with Crippen LogP contribution in [0.15, 0.2) is 12.2 Å². The third-order valence-corrected chi connectivity index (χ3v) is 3.29. The second-order valence-corrected chi connectivity index (χ2v) is 5.19. The van der Waals surface area contributed by atoms with Crippen molar-refractivity contribution in [2.75, 3.05) is 46.1 Å². The summed E-state index contributed by atoms with van der Waals surface area (Å²) in [6, 6.07) is 0. The van der Waals surface area contributed by atoms with Gasteiger partial charge in [-0.1, -0.05) is 34.6 Å². The van der Waals surface area contributed by atoms with Crippen molar-refractivity contribution in [3.63, 3.8) is 0 Å². The molecule has 0 fully saturated rings. The van der Waals surface area contributed by atoms with Gasteiger partial charge in [0.25, 0.3) is 11.8 Å². The average molecular weight is 416 g/mol. The third-order valence-electron chi connectivity index (χ3n) is 3.29. The van der Waals surface area contributed by atoms with Gasteiger partial charge in [-0.2, -0.15) is 0 Å². The van der Waals surface area contributed by atoms with Crippen LogP contribution in [0.1, 0.15) is 47.5 Å². The van der Waals surface area contributed by atoms with E-state index in [1.54, 1.807) is 6.92 Å². The molecule has 0 unspecified atom stereocenters. The summed E-state index contributed by atoms with van der Waals surface area (Å²) in [7, 11) is 0. The molecule has 2 N–H and O–H groups in total. The maximum absolute atomic E-state index is 11.6. The Kier molecular flexibility index (Phi) is 20.4. The molecule has 1 heterocycles. The predicted molar refractivity (Wildman–Crippen MR) is 111 cm³/mol. The van der Waals surface area contributed by atoms with Crippen molar-refractivity contribution in [2.45, 2.75) is 47.5 Å². The Morgan fingerprint density at radius 1 is 0.828 bits per heavy atom. The van der Waals surface area contributed by atoms with Crippen molar-refractivity contribution in [3.8, 4) is 0 Å². The zero-order valence-electron chi connectivity index (χ0n) is 18.4. The van der Waals surface area contributed by atoms with Gasteiger partial charge < -0.3 is 20.1 Å². The zero-order valence-corrected chi connectivity index (χ0v) is 18.4. The standard InChI is InChI=1S/C16H25N3O6.2C2H6/c1-2-13(20)17-6-9-24-11-12-25-10-7-18-14(21)5-8-19-15(22)3-4-16(19)23;2*1-2/h3-4H,2,5-12H2,1H3,(H,17,20)(H,18,21);2*1-2H3. The molecular weight excluding hydrogens is 378 g/mol. The highest BCUT2D eigenvalue weighted by molar-refractivity contribution is 6.13. The largest absolute Gasteiger partial charge is 0.377 e. The van der Waals surface area contributed by atoms with Crippen LogP contribution in [0.4, 0.5) is 0 Å². The van der Waals surface area contributed by atoms with Crippen LogP contribution in [-0.4, -0.2) is 74.6 Å². The lowest BCUT2D eigenvalue weighted by molar-refractivity contribution is -0.137. The predicted octanol–water partition coefficient (Wildman–Crippen LogP) is 1.03. The van der Waals surface area contributed by atoms with Crippen LogP contribution in [0.2, 0.25) is 0 Å². The highest BCUT2D eigenvalue weighted by Crippen LogP contribution is 2.03. The first-order chi connectivity index (χ1) is 14.0. The van der Waals surface area contributed by atoms with E-state index in [-0.39, 0.29) is 24.8 Å². The lowest BCUT2D eigenvalue weighted by atomic mass is 10.3. The third kappa shape index (κ3) is 15.4. The summed E-state index contributed by atoms with van der Waals surface area (Å²) in [5.74, 6) is -1.05. The normalized spacial score (nSPS) is 12.0. The minimum Gasteiger partial charge on any atom is -0.377 e. The highest BCUT2D eigenvalue weighted by atomic mass is 16.5. The molecule has 9 nitrogen and oxygen atoms in total. The molecule has 1 aliphatic rings. The van der Waals surface area contributed by atoms with Gasteiger partial charge in [-0.3, -0.25) is 24.1 Å². The molecule has 0 aliphatic carbocycles. The second kappa shape index (κ2) is 20.5. The highest BCUT2D eigenvalue weighted by Gasteiger charge is 2.23. The summed E-state index contributed by atoms with van der Waals surface area (Å²) >= 11 is 0.